The molecule has 0 aromatic heterocycles. The van der Waals surface area contributed by atoms with Crippen LogP contribution >= 0.6 is 0 Å². The minimum absolute atomic E-state index is 0.0784. The molecule has 6 heteroatoms. The van der Waals surface area contributed by atoms with Gasteiger partial charge in [-0.05, 0) is 44.9 Å². The summed E-state index contributed by atoms with van der Waals surface area (Å²) in [5.41, 5.74) is 0. The predicted octanol–water partition coefficient (Wildman–Crippen LogP) is 11.4. The molecule has 0 aliphatic rings. The van der Waals surface area contributed by atoms with Crippen LogP contribution < -0.4 is 5.32 Å². The summed E-state index contributed by atoms with van der Waals surface area (Å²) in [5, 5.41) is 23.5. The summed E-state index contributed by atoms with van der Waals surface area (Å²) < 4.78 is 5.84. The van der Waals surface area contributed by atoms with E-state index >= 15 is 0 Å². The molecule has 0 heterocycles. The minimum atomic E-state index is -0.779. The average molecular weight is 680 g/mol. The molecule has 0 bridgehead atoms. The highest BCUT2D eigenvalue weighted by Gasteiger charge is 2.24. The highest BCUT2D eigenvalue weighted by molar-refractivity contribution is 5.77. The van der Waals surface area contributed by atoms with Gasteiger partial charge in [0, 0.05) is 6.42 Å². The molecule has 0 aromatic carbocycles. The summed E-state index contributed by atoms with van der Waals surface area (Å²) in [6.07, 6.45) is 37.1. The third-order valence-corrected chi connectivity index (χ3v) is 9.59. The smallest absolute Gasteiger partial charge is 0.306 e. The number of aliphatic hydroxyl groups excluding tert-OH is 2. The molecule has 0 radical (unpaired) electrons. The van der Waals surface area contributed by atoms with E-state index < -0.39 is 18.2 Å². The van der Waals surface area contributed by atoms with Crippen LogP contribution in [0.4, 0.5) is 0 Å². The van der Waals surface area contributed by atoms with Crippen molar-refractivity contribution < 1.29 is 24.5 Å². The summed E-state index contributed by atoms with van der Waals surface area (Å²) in [7, 11) is 0. The Kier molecular flexibility index (Phi) is 35.8. The fourth-order valence-electron chi connectivity index (χ4n) is 6.35. The van der Waals surface area contributed by atoms with Crippen LogP contribution in [0.5, 0.6) is 0 Å². The van der Waals surface area contributed by atoms with E-state index in [0.29, 0.717) is 19.3 Å². The molecule has 48 heavy (non-hydrogen) atoms. The maximum absolute atomic E-state index is 13.0. The first-order valence-corrected chi connectivity index (χ1v) is 20.9. The third-order valence-electron chi connectivity index (χ3n) is 9.59. The second-order valence-electron chi connectivity index (χ2n) is 14.4. The minimum Gasteiger partial charge on any atom is -0.462 e. The number of aliphatic hydroxyl groups is 2. The first-order valence-electron chi connectivity index (χ1n) is 20.9. The Morgan fingerprint density at radius 3 is 1.54 bits per heavy atom. The van der Waals surface area contributed by atoms with E-state index in [-0.39, 0.29) is 24.9 Å². The Hall–Kier alpha value is -1.40. The van der Waals surface area contributed by atoms with Gasteiger partial charge in [-0.2, -0.15) is 0 Å². The van der Waals surface area contributed by atoms with Crippen molar-refractivity contribution in [2.75, 3.05) is 6.61 Å². The van der Waals surface area contributed by atoms with Crippen LogP contribution in [0.25, 0.3) is 0 Å². The molecule has 1 amide bonds. The van der Waals surface area contributed by atoms with Gasteiger partial charge in [-0.1, -0.05) is 174 Å². The van der Waals surface area contributed by atoms with E-state index in [4.69, 9.17) is 4.74 Å². The van der Waals surface area contributed by atoms with Crippen molar-refractivity contribution in [3.8, 4) is 0 Å². The number of rotatable bonds is 37. The zero-order chi connectivity index (χ0) is 35.3. The molecule has 0 spiro atoms. The Bertz CT molecular complexity index is 727. The normalized spacial score (nSPS) is 13.5. The largest absolute Gasteiger partial charge is 0.462 e. The van der Waals surface area contributed by atoms with Gasteiger partial charge < -0.3 is 20.3 Å². The number of unbranched alkanes of at least 4 members (excludes halogenated alkanes) is 23. The van der Waals surface area contributed by atoms with Crippen LogP contribution in [0.3, 0.4) is 0 Å². The second kappa shape index (κ2) is 36.9. The maximum atomic E-state index is 13.0. The van der Waals surface area contributed by atoms with E-state index in [9.17, 15) is 19.8 Å². The fourth-order valence-corrected chi connectivity index (χ4v) is 6.35. The average Bonchev–Trinajstić information content (AvgIpc) is 3.07. The van der Waals surface area contributed by atoms with Crippen LogP contribution in [0.15, 0.2) is 12.2 Å². The number of hydrogen-bond donors (Lipinski definition) is 3. The number of carbonyl (C=O) groups is 2. The number of amides is 1. The lowest BCUT2D eigenvalue weighted by atomic mass is 10.0. The standard InChI is InChI=1S/C42H81NO5/c1-4-7-10-13-16-18-20-22-25-28-31-34-40(45)39(37-44)43-41(46)36-38(33-30-27-24-15-12-9-6-3)48-42(47)35-32-29-26-23-21-19-17-14-11-8-5-2/h14,17,38-40,44-45H,4-13,15-16,18-37H2,1-3H3,(H,43,46)/b17-14-. The van der Waals surface area contributed by atoms with Crippen molar-refractivity contribution in [1.82, 2.24) is 5.32 Å². The fraction of sp³-hybridized carbons (Fsp3) is 0.905. The molecular formula is C42H81NO5. The van der Waals surface area contributed by atoms with Crippen LogP contribution in [-0.4, -0.2) is 46.9 Å². The van der Waals surface area contributed by atoms with Crippen LogP contribution in [0.2, 0.25) is 0 Å². The quantitative estimate of drug-likeness (QED) is 0.0345. The molecule has 0 saturated carbocycles. The SMILES string of the molecule is CCCC/C=C\CCCCCCCC(=O)OC(CCCCCCCCC)CC(=O)NC(CO)C(O)CCCCCCCCCCCCC. The lowest BCUT2D eigenvalue weighted by Crippen LogP contribution is -2.46. The highest BCUT2D eigenvalue weighted by atomic mass is 16.5. The van der Waals surface area contributed by atoms with E-state index in [2.05, 4.69) is 38.2 Å². The number of nitrogens with one attached hydrogen (secondary N) is 1. The number of hydrogen-bond acceptors (Lipinski definition) is 5. The van der Waals surface area contributed by atoms with Gasteiger partial charge in [0.2, 0.25) is 5.91 Å². The van der Waals surface area contributed by atoms with Gasteiger partial charge >= 0.3 is 5.97 Å². The van der Waals surface area contributed by atoms with Crippen molar-refractivity contribution in [3.05, 3.63) is 12.2 Å². The highest BCUT2D eigenvalue weighted by Crippen LogP contribution is 2.17. The van der Waals surface area contributed by atoms with E-state index in [1.807, 2.05) is 0 Å². The number of ether oxygens (including phenoxy) is 1. The van der Waals surface area contributed by atoms with Crippen molar-refractivity contribution in [2.24, 2.45) is 0 Å². The lowest BCUT2D eigenvalue weighted by Gasteiger charge is -2.24. The van der Waals surface area contributed by atoms with Crippen LogP contribution in [0, 0.1) is 0 Å². The zero-order valence-electron chi connectivity index (χ0n) is 32.1. The Balaban J connectivity index is 4.49. The molecule has 0 aromatic rings. The summed E-state index contributed by atoms with van der Waals surface area (Å²) in [6.45, 7) is 6.39. The Morgan fingerprint density at radius 2 is 1.02 bits per heavy atom. The van der Waals surface area contributed by atoms with Gasteiger partial charge in [-0.25, -0.2) is 0 Å². The third kappa shape index (κ3) is 31.8. The maximum Gasteiger partial charge on any atom is 0.306 e. The zero-order valence-corrected chi connectivity index (χ0v) is 32.1. The molecule has 3 N–H and O–H groups in total. The van der Waals surface area contributed by atoms with Crippen molar-refractivity contribution in [2.45, 2.75) is 238 Å². The summed E-state index contributed by atoms with van der Waals surface area (Å²) in [6, 6.07) is -0.692. The molecule has 284 valence electrons. The van der Waals surface area contributed by atoms with Crippen molar-refractivity contribution in [1.29, 1.82) is 0 Å². The summed E-state index contributed by atoms with van der Waals surface area (Å²) in [4.78, 5) is 25.7. The van der Waals surface area contributed by atoms with Gasteiger partial charge in [-0.3, -0.25) is 9.59 Å². The van der Waals surface area contributed by atoms with Gasteiger partial charge in [0.15, 0.2) is 0 Å². The molecule has 0 saturated heterocycles. The lowest BCUT2D eigenvalue weighted by molar-refractivity contribution is -0.151. The van der Waals surface area contributed by atoms with Gasteiger partial charge in [0.05, 0.1) is 25.2 Å². The molecule has 3 atom stereocenters. The predicted molar refractivity (Wildman–Crippen MR) is 204 cm³/mol. The van der Waals surface area contributed by atoms with Gasteiger partial charge in [0.25, 0.3) is 0 Å². The van der Waals surface area contributed by atoms with Gasteiger partial charge in [0.1, 0.15) is 6.10 Å². The Morgan fingerprint density at radius 1 is 0.583 bits per heavy atom. The molecule has 0 fully saturated rings. The summed E-state index contributed by atoms with van der Waals surface area (Å²) in [5.74, 6) is -0.485. The second-order valence-corrected chi connectivity index (χ2v) is 14.4. The molecule has 0 rings (SSSR count). The topological polar surface area (TPSA) is 95.9 Å². The van der Waals surface area contributed by atoms with Crippen LogP contribution in [0.1, 0.15) is 220 Å². The summed E-state index contributed by atoms with van der Waals surface area (Å²) >= 11 is 0. The van der Waals surface area contributed by atoms with E-state index in [0.717, 1.165) is 51.4 Å². The number of allylic oxidation sites excluding steroid dienone is 2. The Labute approximate surface area is 298 Å². The van der Waals surface area contributed by atoms with Crippen molar-refractivity contribution in [3.63, 3.8) is 0 Å². The van der Waals surface area contributed by atoms with E-state index in [1.165, 1.54) is 122 Å². The van der Waals surface area contributed by atoms with Crippen molar-refractivity contribution >= 4 is 11.9 Å². The molecule has 6 nitrogen and oxygen atoms in total. The molecule has 0 aliphatic carbocycles. The monoisotopic (exact) mass is 680 g/mol. The van der Waals surface area contributed by atoms with E-state index in [1.54, 1.807) is 0 Å². The van der Waals surface area contributed by atoms with Gasteiger partial charge in [-0.15, -0.1) is 0 Å². The number of esters is 1. The molecular weight excluding hydrogens is 598 g/mol. The molecule has 0 aliphatic heterocycles. The first kappa shape index (κ1) is 46.6. The molecule has 3 unspecified atom stereocenters. The first-order chi connectivity index (χ1) is 23.5. The van der Waals surface area contributed by atoms with Crippen LogP contribution in [-0.2, 0) is 14.3 Å². The number of carbonyl (C=O) groups excluding carboxylic acids is 2.